The van der Waals surface area contributed by atoms with Gasteiger partial charge in [-0.05, 0) is 42.5 Å². The average molecular weight is 484 g/mol. The summed E-state index contributed by atoms with van der Waals surface area (Å²) < 4.78 is 55.7. The van der Waals surface area contributed by atoms with Crippen molar-refractivity contribution in [2.45, 2.75) is 12.7 Å². The van der Waals surface area contributed by atoms with E-state index >= 15 is 0 Å². The monoisotopic (exact) mass is 484 g/mol. The normalized spacial score (nSPS) is 15.0. The molecule has 1 fully saturated rings. The standard InChI is InChI=1S/C24H20F4N6O/c25-17-6-4-16(5-7-17)20-13-19(24(26,27)28)22-30-21(15-34(22)31-20)23(35)33-11-9-32(10-12-33)14-18-3-1-2-8-29-18/h1-8,13,15H,9-12,14H2. The first-order valence-corrected chi connectivity index (χ1v) is 10.9. The Morgan fingerprint density at radius 2 is 1.74 bits per heavy atom. The molecule has 1 amide bonds. The summed E-state index contributed by atoms with van der Waals surface area (Å²) in [4.78, 5) is 25.1. The number of halogens is 4. The predicted molar refractivity (Wildman–Crippen MR) is 119 cm³/mol. The maximum atomic E-state index is 13.8. The van der Waals surface area contributed by atoms with Crippen LogP contribution in [0.5, 0.6) is 0 Å². The number of fused-ring (bicyclic) bond motifs is 1. The number of aromatic nitrogens is 4. The number of benzene rings is 1. The predicted octanol–water partition coefficient (Wildman–Crippen LogP) is 3.91. The number of nitrogens with zero attached hydrogens (tertiary/aromatic N) is 6. The van der Waals surface area contributed by atoms with Gasteiger partial charge in [-0.3, -0.25) is 14.7 Å². The Labute approximate surface area is 197 Å². The molecule has 1 saturated heterocycles. The number of alkyl halides is 3. The van der Waals surface area contributed by atoms with Crippen LogP contribution in [0.15, 0.2) is 60.9 Å². The van der Waals surface area contributed by atoms with E-state index in [-0.39, 0.29) is 11.4 Å². The van der Waals surface area contributed by atoms with Gasteiger partial charge in [0.1, 0.15) is 17.1 Å². The van der Waals surface area contributed by atoms with Crippen LogP contribution in [-0.4, -0.2) is 61.5 Å². The molecule has 11 heteroatoms. The zero-order chi connectivity index (χ0) is 24.6. The molecule has 1 aromatic carbocycles. The summed E-state index contributed by atoms with van der Waals surface area (Å²) in [6.45, 7) is 2.70. The largest absolute Gasteiger partial charge is 0.420 e. The van der Waals surface area contributed by atoms with Gasteiger partial charge in [-0.1, -0.05) is 6.07 Å². The molecule has 180 valence electrons. The third kappa shape index (κ3) is 4.85. The van der Waals surface area contributed by atoms with E-state index in [1.54, 1.807) is 11.1 Å². The Balaban J connectivity index is 1.39. The summed E-state index contributed by atoms with van der Waals surface area (Å²) in [5.41, 5.74) is -0.368. The lowest BCUT2D eigenvalue weighted by atomic mass is 10.1. The highest BCUT2D eigenvalue weighted by atomic mass is 19.4. The van der Waals surface area contributed by atoms with Gasteiger partial charge in [0.05, 0.1) is 17.6 Å². The molecule has 0 atom stereocenters. The summed E-state index contributed by atoms with van der Waals surface area (Å²) in [5.74, 6) is -0.967. The fourth-order valence-electron chi connectivity index (χ4n) is 4.04. The van der Waals surface area contributed by atoms with Gasteiger partial charge in [0.2, 0.25) is 0 Å². The molecule has 5 rings (SSSR count). The molecular weight excluding hydrogens is 464 g/mol. The van der Waals surface area contributed by atoms with E-state index in [9.17, 15) is 22.4 Å². The maximum Gasteiger partial charge on any atom is 0.420 e. The highest BCUT2D eigenvalue weighted by Crippen LogP contribution is 2.34. The molecule has 0 radical (unpaired) electrons. The molecule has 0 N–H and O–H groups in total. The summed E-state index contributed by atoms with van der Waals surface area (Å²) in [6, 6.07) is 11.5. The smallest absolute Gasteiger partial charge is 0.335 e. The van der Waals surface area contributed by atoms with E-state index in [0.717, 1.165) is 28.4 Å². The van der Waals surface area contributed by atoms with E-state index in [1.807, 2.05) is 18.2 Å². The minimum atomic E-state index is -4.72. The summed E-state index contributed by atoms with van der Waals surface area (Å²) >= 11 is 0. The van der Waals surface area contributed by atoms with E-state index in [4.69, 9.17) is 0 Å². The summed E-state index contributed by atoms with van der Waals surface area (Å²) in [5, 5.41) is 4.20. The zero-order valence-electron chi connectivity index (χ0n) is 18.4. The minimum absolute atomic E-state index is 0.00985. The van der Waals surface area contributed by atoms with Crippen LogP contribution in [0.3, 0.4) is 0 Å². The number of amides is 1. The number of carbonyl (C=O) groups excluding carboxylic acids is 1. The Hall–Kier alpha value is -3.86. The molecule has 0 saturated carbocycles. The van der Waals surface area contributed by atoms with Crippen molar-refractivity contribution in [1.29, 1.82) is 0 Å². The van der Waals surface area contributed by atoms with Gasteiger partial charge in [-0.15, -0.1) is 0 Å². The molecule has 35 heavy (non-hydrogen) atoms. The van der Waals surface area contributed by atoms with E-state index in [2.05, 4.69) is 20.0 Å². The molecule has 0 unspecified atom stereocenters. The second-order valence-electron chi connectivity index (χ2n) is 8.23. The Kier molecular flexibility index (Phi) is 5.93. The average Bonchev–Trinajstić information content (AvgIpc) is 3.28. The second-order valence-corrected chi connectivity index (χ2v) is 8.23. The van der Waals surface area contributed by atoms with Gasteiger partial charge in [0.25, 0.3) is 5.91 Å². The number of piperazine rings is 1. The van der Waals surface area contributed by atoms with Crippen molar-refractivity contribution in [3.8, 4) is 11.3 Å². The van der Waals surface area contributed by atoms with E-state index in [1.165, 1.54) is 18.3 Å². The number of rotatable bonds is 4. The number of hydrogen-bond donors (Lipinski definition) is 0. The van der Waals surface area contributed by atoms with Crippen molar-refractivity contribution in [2.24, 2.45) is 0 Å². The molecule has 1 aliphatic heterocycles. The maximum absolute atomic E-state index is 13.8. The second kappa shape index (κ2) is 9.06. The Morgan fingerprint density at radius 1 is 1.00 bits per heavy atom. The zero-order valence-corrected chi connectivity index (χ0v) is 18.4. The third-order valence-corrected chi connectivity index (χ3v) is 5.86. The van der Waals surface area contributed by atoms with Gasteiger partial charge >= 0.3 is 6.18 Å². The molecule has 0 spiro atoms. The first-order valence-electron chi connectivity index (χ1n) is 10.9. The highest BCUT2D eigenvalue weighted by molar-refractivity contribution is 5.93. The summed E-state index contributed by atoms with van der Waals surface area (Å²) in [6.07, 6.45) is -1.79. The van der Waals surface area contributed by atoms with Crippen LogP contribution in [0, 0.1) is 5.82 Å². The lowest BCUT2D eigenvalue weighted by Crippen LogP contribution is -2.48. The van der Waals surface area contributed by atoms with Crippen molar-refractivity contribution >= 4 is 11.6 Å². The SMILES string of the molecule is O=C(c1cn2nc(-c3ccc(F)cc3)cc(C(F)(F)F)c2n1)N1CCN(Cc2ccccn2)CC1. The van der Waals surface area contributed by atoms with E-state index < -0.39 is 29.1 Å². The Bertz CT molecular complexity index is 1350. The van der Waals surface area contributed by atoms with Crippen molar-refractivity contribution in [1.82, 2.24) is 29.4 Å². The Morgan fingerprint density at radius 3 is 2.40 bits per heavy atom. The topological polar surface area (TPSA) is 66.6 Å². The molecule has 7 nitrogen and oxygen atoms in total. The molecule has 3 aromatic heterocycles. The highest BCUT2D eigenvalue weighted by Gasteiger charge is 2.36. The van der Waals surface area contributed by atoms with Gasteiger partial charge < -0.3 is 4.90 Å². The van der Waals surface area contributed by atoms with Crippen molar-refractivity contribution in [3.63, 3.8) is 0 Å². The van der Waals surface area contributed by atoms with Crippen LogP contribution in [0.2, 0.25) is 0 Å². The van der Waals surface area contributed by atoms with E-state index in [0.29, 0.717) is 38.3 Å². The van der Waals surface area contributed by atoms with Crippen molar-refractivity contribution < 1.29 is 22.4 Å². The molecule has 0 aliphatic carbocycles. The first kappa shape index (κ1) is 22.9. The minimum Gasteiger partial charge on any atom is -0.335 e. The van der Waals surface area contributed by atoms with Gasteiger partial charge in [0, 0.05) is 44.5 Å². The third-order valence-electron chi connectivity index (χ3n) is 5.86. The fraction of sp³-hybridized carbons (Fsp3) is 0.250. The first-order chi connectivity index (χ1) is 16.8. The van der Waals surface area contributed by atoms with Crippen molar-refractivity contribution in [2.75, 3.05) is 26.2 Å². The molecule has 4 aromatic rings. The van der Waals surface area contributed by atoms with Crippen LogP contribution >= 0.6 is 0 Å². The van der Waals surface area contributed by atoms with Crippen LogP contribution in [0.4, 0.5) is 17.6 Å². The molecule has 1 aliphatic rings. The number of pyridine rings is 1. The summed E-state index contributed by atoms with van der Waals surface area (Å²) in [7, 11) is 0. The molecule has 4 heterocycles. The van der Waals surface area contributed by atoms with Gasteiger partial charge in [0.15, 0.2) is 5.65 Å². The number of imidazole rings is 1. The van der Waals surface area contributed by atoms with Crippen LogP contribution in [-0.2, 0) is 12.7 Å². The lowest BCUT2D eigenvalue weighted by molar-refractivity contribution is -0.136. The van der Waals surface area contributed by atoms with Crippen LogP contribution in [0.25, 0.3) is 16.9 Å². The van der Waals surface area contributed by atoms with Gasteiger partial charge in [-0.25, -0.2) is 13.9 Å². The number of carbonyl (C=O) groups is 1. The molecular formula is C24H20F4N6O. The lowest BCUT2D eigenvalue weighted by Gasteiger charge is -2.34. The fourth-order valence-corrected chi connectivity index (χ4v) is 4.04. The molecule has 0 bridgehead atoms. The quantitative estimate of drug-likeness (QED) is 0.411. The van der Waals surface area contributed by atoms with Crippen molar-refractivity contribution in [3.05, 3.63) is 83.7 Å². The van der Waals surface area contributed by atoms with Crippen LogP contribution < -0.4 is 0 Å². The van der Waals surface area contributed by atoms with Gasteiger partial charge in [-0.2, -0.15) is 18.3 Å². The van der Waals surface area contributed by atoms with Crippen LogP contribution in [0.1, 0.15) is 21.7 Å². The number of hydrogen-bond acceptors (Lipinski definition) is 5.